The number of carbonyl (C=O) groups is 3. The van der Waals surface area contributed by atoms with Crippen LogP contribution in [0.1, 0.15) is 6.42 Å². The summed E-state index contributed by atoms with van der Waals surface area (Å²) >= 11 is 0. The summed E-state index contributed by atoms with van der Waals surface area (Å²) < 4.78 is 9.51. The van der Waals surface area contributed by atoms with Crippen molar-refractivity contribution >= 4 is 18.0 Å². The highest BCUT2D eigenvalue weighted by molar-refractivity contribution is 5.98. The van der Waals surface area contributed by atoms with Crippen molar-refractivity contribution in [1.29, 1.82) is 0 Å². The van der Waals surface area contributed by atoms with E-state index in [1.807, 2.05) is 0 Å². The van der Waals surface area contributed by atoms with Gasteiger partial charge in [0.15, 0.2) is 6.61 Å². The van der Waals surface area contributed by atoms with Crippen LogP contribution in [0.5, 0.6) is 0 Å². The van der Waals surface area contributed by atoms with Gasteiger partial charge in [0.1, 0.15) is 0 Å². The Morgan fingerprint density at radius 1 is 1.53 bits per heavy atom. The van der Waals surface area contributed by atoms with Crippen molar-refractivity contribution in [2.24, 2.45) is 0 Å². The van der Waals surface area contributed by atoms with Crippen LogP contribution in [-0.2, 0) is 14.3 Å². The third-order valence-corrected chi connectivity index (χ3v) is 3.18. The van der Waals surface area contributed by atoms with E-state index in [1.54, 1.807) is 12.0 Å². The number of cyclic esters (lactones) is 1. The van der Waals surface area contributed by atoms with E-state index in [1.165, 1.54) is 0 Å². The largest absolute Gasteiger partial charge is 0.439 e. The normalized spacial score (nSPS) is 22.9. The molecular formula is C11H17N3O5. The molecule has 0 bridgehead atoms. The highest BCUT2D eigenvalue weighted by atomic mass is 16.6. The Morgan fingerprint density at radius 3 is 2.95 bits per heavy atom. The Morgan fingerprint density at radius 2 is 2.32 bits per heavy atom. The standard InChI is InChI=1S/C11H17N3O5/c1-18-5-3-12-10(16)13-4-2-8(6-13)14-9(15)7-19-11(14)17/h8H,2-7H2,1H3,(H,12,16). The number of likely N-dealkylation sites (tertiary alicyclic amines) is 1. The first-order valence-electron chi connectivity index (χ1n) is 6.14. The van der Waals surface area contributed by atoms with Gasteiger partial charge in [0.25, 0.3) is 5.91 Å². The van der Waals surface area contributed by atoms with Crippen LogP contribution >= 0.6 is 0 Å². The van der Waals surface area contributed by atoms with Gasteiger partial charge in [-0.2, -0.15) is 0 Å². The van der Waals surface area contributed by atoms with Gasteiger partial charge in [0, 0.05) is 26.7 Å². The van der Waals surface area contributed by atoms with Crippen LogP contribution in [0.25, 0.3) is 0 Å². The Bertz CT molecular complexity index is 371. The molecule has 0 aromatic rings. The molecule has 1 unspecified atom stereocenters. The van der Waals surface area contributed by atoms with Gasteiger partial charge in [-0.3, -0.25) is 4.79 Å². The summed E-state index contributed by atoms with van der Waals surface area (Å²) in [4.78, 5) is 37.4. The molecule has 2 heterocycles. The average Bonchev–Trinajstić information content (AvgIpc) is 2.97. The first-order valence-corrected chi connectivity index (χ1v) is 6.14. The van der Waals surface area contributed by atoms with Crippen molar-refractivity contribution in [1.82, 2.24) is 15.1 Å². The van der Waals surface area contributed by atoms with Gasteiger partial charge in [0.05, 0.1) is 12.6 Å². The second kappa shape index (κ2) is 5.87. The van der Waals surface area contributed by atoms with Gasteiger partial charge in [0.2, 0.25) is 0 Å². The minimum absolute atomic E-state index is 0.199. The number of rotatable bonds is 4. The molecule has 8 heteroatoms. The van der Waals surface area contributed by atoms with Crippen LogP contribution in [0, 0.1) is 0 Å². The Labute approximate surface area is 110 Å². The monoisotopic (exact) mass is 271 g/mol. The third-order valence-electron chi connectivity index (χ3n) is 3.18. The van der Waals surface area contributed by atoms with Crippen LogP contribution in [-0.4, -0.2) is 73.8 Å². The summed E-state index contributed by atoms with van der Waals surface area (Å²) in [6.07, 6.45) is -0.0323. The van der Waals surface area contributed by atoms with E-state index in [4.69, 9.17) is 4.74 Å². The molecule has 0 aliphatic carbocycles. The first kappa shape index (κ1) is 13.6. The summed E-state index contributed by atoms with van der Waals surface area (Å²) in [7, 11) is 1.56. The molecule has 4 amide bonds. The van der Waals surface area contributed by atoms with Crippen molar-refractivity contribution in [2.45, 2.75) is 12.5 Å². The summed E-state index contributed by atoms with van der Waals surface area (Å²) in [5.74, 6) is -0.336. The lowest BCUT2D eigenvalue weighted by Crippen LogP contribution is -2.44. The molecule has 0 saturated carbocycles. The highest BCUT2D eigenvalue weighted by Gasteiger charge is 2.41. The van der Waals surface area contributed by atoms with Crippen LogP contribution in [0.4, 0.5) is 9.59 Å². The molecule has 0 aromatic heterocycles. The van der Waals surface area contributed by atoms with E-state index in [2.05, 4.69) is 10.1 Å². The summed E-state index contributed by atoms with van der Waals surface area (Å²) in [6.45, 7) is 1.54. The fraction of sp³-hybridized carbons (Fsp3) is 0.727. The number of hydrogen-bond donors (Lipinski definition) is 1. The van der Waals surface area contributed by atoms with Crippen molar-refractivity contribution in [2.75, 3.05) is 40.0 Å². The number of amides is 4. The van der Waals surface area contributed by atoms with Crippen molar-refractivity contribution < 1.29 is 23.9 Å². The van der Waals surface area contributed by atoms with E-state index in [9.17, 15) is 14.4 Å². The number of methoxy groups -OCH3 is 1. The molecule has 19 heavy (non-hydrogen) atoms. The van der Waals surface area contributed by atoms with Gasteiger partial charge in [-0.15, -0.1) is 0 Å². The molecule has 2 fully saturated rings. The van der Waals surface area contributed by atoms with E-state index in [0.717, 1.165) is 4.90 Å². The SMILES string of the molecule is COCCNC(=O)N1CCC(N2C(=O)COC2=O)C1. The highest BCUT2D eigenvalue weighted by Crippen LogP contribution is 2.19. The second-order valence-electron chi connectivity index (χ2n) is 4.43. The van der Waals surface area contributed by atoms with Gasteiger partial charge in [-0.05, 0) is 6.42 Å². The van der Waals surface area contributed by atoms with Crippen molar-refractivity contribution in [3.63, 3.8) is 0 Å². The molecule has 2 saturated heterocycles. The molecule has 106 valence electrons. The molecule has 8 nitrogen and oxygen atoms in total. The number of hydrogen-bond acceptors (Lipinski definition) is 5. The first-order chi connectivity index (χ1) is 9.13. The van der Waals surface area contributed by atoms with Crippen molar-refractivity contribution in [3.05, 3.63) is 0 Å². The molecular weight excluding hydrogens is 254 g/mol. The number of urea groups is 1. The maximum atomic E-state index is 11.8. The lowest BCUT2D eigenvalue weighted by atomic mass is 10.2. The number of ether oxygens (including phenoxy) is 2. The summed E-state index contributed by atoms with van der Waals surface area (Å²) in [6, 6.07) is -0.491. The van der Waals surface area contributed by atoms with E-state index >= 15 is 0 Å². The molecule has 2 aliphatic rings. The number of nitrogens with zero attached hydrogens (tertiary/aromatic N) is 2. The van der Waals surface area contributed by atoms with Gasteiger partial charge < -0.3 is 19.7 Å². The average molecular weight is 271 g/mol. The van der Waals surface area contributed by atoms with Crippen LogP contribution < -0.4 is 5.32 Å². The smallest absolute Gasteiger partial charge is 0.417 e. The fourth-order valence-electron chi connectivity index (χ4n) is 2.23. The minimum atomic E-state index is -0.614. The van der Waals surface area contributed by atoms with Crippen LogP contribution in [0.3, 0.4) is 0 Å². The molecule has 1 atom stereocenters. The predicted molar refractivity (Wildman–Crippen MR) is 63.4 cm³/mol. The number of imide groups is 1. The minimum Gasteiger partial charge on any atom is -0.439 e. The van der Waals surface area contributed by atoms with Gasteiger partial charge in [-0.25, -0.2) is 14.5 Å². The Kier molecular flexibility index (Phi) is 4.20. The number of carbonyl (C=O) groups excluding carboxylic acids is 3. The van der Waals surface area contributed by atoms with Crippen LogP contribution in [0.15, 0.2) is 0 Å². The lowest BCUT2D eigenvalue weighted by Gasteiger charge is -2.20. The van der Waals surface area contributed by atoms with Gasteiger partial charge in [-0.1, -0.05) is 0 Å². The summed E-state index contributed by atoms with van der Waals surface area (Å²) in [5, 5.41) is 2.70. The third kappa shape index (κ3) is 2.95. The maximum absolute atomic E-state index is 11.8. The van der Waals surface area contributed by atoms with Crippen molar-refractivity contribution in [3.8, 4) is 0 Å². The molecule has 2 aliphatic heterocycles. The van der Waals surface area contributed by atoms with E-state index in [0.29, 0.717) is 32.7 Å². The van der Waals surface area contributed by atoms with Gasteiger partial charge >= 0.3 is 12.1 Å². The Balaban J connectivity index is 1.84. The quantitative estimate of drug-likeness (QED) is 0.689. The topological polar surface area (TPSA) is 88.2 Å². The molecule has 0 aromatic carbocycles. The number of nitrogens with one attached hydrogen (secondary N) is 1. The maximum Gasteiger partial charge on any atom is 0.417 e. The summed E-state index contributed by atoms with van der Waals surface area (Å²) in [5.41, 5.74) is 0. The van der Waals surface area contributed by atoms with Crippen LogP contribution in [0.2, 0.25) is 0 Å². The predicted octanol–water partition coefficient (Wildman–Crippen LogP) is -0.604. The molecule has 1 N–H and O–H groups in total. The fourth-order valence-corrected chi connectivity index (χ4v) is 2.23. The van der Waals surface area contributed by atoms with E-state index < -0.39 is 6.09 Å². The zero-order chi connectivity index (χ0) is 13.8. The zero-order valence-electron chi connectivity index (χ0n) is 10.8. The zero-order valence-corrected chi connectivity index (χ0v) is 10.8. The lowest BCUT2D eigenvalue weighted by molar-refractivity contribution is -0.127. The molecule has 2 rings (SSSR count). The molecule has 0 spiro atoms. The Hall–Kier alpha value is -1.83. The molecule has 0 radical (unpaired) electrons. The van der Waals surface area contributed by atoms with E-state index in [-0.39, 0.29) is 24.6 Å². The second-order valence-corrected chi connectivity index (χ2v) is 4.43.